The summed E-state index contributed by atoms with van der Waals surface area (Å²) >= 11 is 8.00. The first-order valence-electron chi connectivity index (χ1n) is 5.35. The van der Waals surface area contributed by atoms with Gasteiger partial charge in [-0.25, -0.2) is 4.98 Å². The summed E-state index contributed by atoms with van der Waals surface area (Å²) in [6.45, 7) is 4.06. The zero-order chi connectivity index (χ0) is 12.0. The zero-order valence-corrected chi connectivity index (χ0v) is 11.1. The van der Waals surface area contributed by atoms with Crippen LogP contribution in [0.1, 0.15) is 11.4 Å². The van der Waals surface area contributed by atoms with Gasteiger partial charge in [-0.1, -0.05) is 17.7 Å². The van der Waals surface area contributed by atoms with Gasteiger partial charge in [0.25, 0.3) is 0 Å². The summed E-state index contributed by atoms with van der Waals surface area (Å²) < 4.78 is 2.06. The monoisotopic (exact) mass is 262 g/mol. The number of rotatable bonds is 1. The number of halogens is 1. The highest BCUT2D eigenvalue weighted by Crippen LogP contribution is 2.30. The number of aromatic nitrogens is 2. The highest BCUT2D eigenvalue weighted by molar-refractivity contribution is 7.13. The molecule has 0 aromatic carbocycles. The molecule has 0 unspecified atom stereocenters. The lowest BCUT2D eigenvalue weighted by Gasteiger charge is -2.03. The molecule has 0 aliphatic rings. The summed E-state index contributed by atoms with van der Waals surface area (Å²) in [5.41, 5.74) is 4.13. The molecule has 0 saturated heterocycles. The van der Waals surface area contributed by atoms with Gasteiger partial charge in [0.2, 0.25) is 0 Å². The van der Waals surface area contributed by atoms with Crippen LogP contribution in [0.25, 0.3) is 16.1 Å². The lowest BCUT2D eigenvalue weighted by Crippen LogP contribution is -1.89. The van der Waals surface area contributed by atoms with Crippen LogP contribution in [-0.2, 0) is 0 Å². The van der Waals surface area contributed by atoms with Gasteiger partial charge in [0.15, 0.2) is 5.65 Å². The van der Waals surface area contributed by atoms with Crippen molar-refractivity contribution in [2.75, 3.05) is 0 Å². The summed E-state index contributed by atoms with van der Waals surface area (Å²) in [7, 11) is 0. The van der Waals surface area contributed by atoms with E-state index in [0.29, 0.717) is 5.02 Å². The lowest BCUT2D eigenvalue weighted by atomic mass is 10.2. The minimum absolute atomic E-state index is 0.701. The number of hydrogen-bond donors (Lipinski definition) is 0. The van der Waals surface area contributed by atoms with E-state index in [2.05, 4.69) is 34.0 Å². The van der Waals surface area contributed by atoms with Gasteiger partial charge < -0.3 is 4.40 Å². The number of hydrogen-bond acceptors (Lipinski definition) is 2. The van der Waals surface area contributed by atoms with Crippen molar-refractivity contribution in [3.05, 3.63) is 46.2 Å². The van der Waals surface area contributed by atoms with Crippen LogP contribution in [0, 0.1) is 13.8 Å². The van der Waals surface area contributed by atoms with E-state index in [1.165, 1.54) is 4.88 Å². The summed E-state index contributed by atoms with van der Waals surface area (Å²) in [5, 5.41) is 2.77. The van der Waals surface area contributed by atoms with Crippen molar-refractivity contribution in [3.8, 4) is 10.4 Å². The van der Waals surface area contributed by atoms with E-state index in [1.54, 1.807) is 11.3 Å². The predicted octanol–water partition coefficient (Wildman–Crippen LogP) is 4.33. The average Bonchev–Trinajstić information content (AvgIpc) is 2.91. The Kier molecular flexibility index (Phi) is 2.45. The molecule has 86 valence electrons. The molecule has 0 aliphatic carbocycles. The molecule has 0 bridgehead atoms. The zero-order valence-electron chi connectivity index (χ0n) is 9.57. The van der Waals surface area contributed by atoms with E-state index in [-0.39, 0.29) is 0 Å². The largest absolute Gasteiger partial charge is 0.302 e. The van der Waals surface area contributed by atoms with Gasteiger partial charge in [0.1, 0.15) is 0 Å². The predicted molar refractivity (Wildman–Crippen MR) is 73.0 cm³/mol. The second-order valence-electron chi connectivity index (χ2n) is 4.03. The number of thiophene rings is 1. The standard InChI is InChI=1S/C13H11ClN2S/c1-8-9(2)16-7-10(12-4-3-5-17-12)6-11(14)13(16)15-8/h3-7H,1-2H3. The Bertz CT molecular complexity index is 683. The molecular weight excluding hydrogens is 252 g/mol. The van der Waals surface area contributed by atoms with E-state index < -0.39 is 0 Å². The van der Waals surface area contributed by atoms with Crippen LogP contribution in [0.5, 0.6) is 0 Å². The topological polar surface area (TPSA) is 17.3 Å². The summed E-state index contributed by atoms with van der Waals surface area (Å²) in [6, 6.07) is 6.13. The van der Waals surface area contributed by atoms with Crippen LogP contribution in [0.4, 0.5) is 0 Å². The molecule has 3 rings (SSSR count). The van der Waals surface area contributed by atoms with Crippen molar-refractivity contribution in [1.29, 1.82) is 0 Å². The number of imidazole rings is 1. The van der Waals surface area contributed by atoms with Crippen LogP contribution in [0.2, 0.25) is 5.02 Å². The quantitative estimate of drug-likeness (QED) is 0.638. The van der Waals surface area contributed by atoms with Gasteiger partial charge in [-0.3, -0.25) is 0 Å². The van der Waals surface area contributed by atoms with Crippen molar-refractivity contribution < 1.29 is 0 Å². The Labute approximate surface area is 108 Å². The average molecular weight is 263 g/mol. The molecule has 3 aromatic heterocycles. The van der Waals surface area contributed by atoms with Crippen LogP contribution >= 0.6 is 22.9 Å². The molecule has 0 radical (unpaired) electrons. The molecule has 0 N–H and O–H groups in total. The Morgan fingerprint density at radius 1 is 1.35 bits per heavy atom. The summed E-state index contributed by atoms with van der Waals surface area (Å²) in [6.07, 6.45) is 2.10. The van der Waals surface area contributed by atoms with Crippen LogP contribution in [-0.4, -0.2) is 9.38 Å². The van der Waals surface area contributed by atoms with Gasteiger partial charge in [-0.15, -0.1) is 11.3 Å². The lowest BCUT2D eigenvalue weighted by molar-refractivity contribution is 1.10. The Hall–Kier alpha value is -1.32. The van der Waals surface area contributed by atoms with Gasteiger partial charge in [-0.2, -0.15) is 0 Å². The first-order valence-corrected chi connectivity index (χ1v) is 6.61. The van der Waals surface area contributed by atoms with Crippen LogP contribution in [0.15, 0.2) is 29.8 Å². The third kappa shape index (κ3) is 1.66. The maximum atomic E-state index is 6.29. The minimum Gasteiger partial charge on any atom is -0.302 e. The molecule has 0 atom stereocenters. The second kappa shape index (κ2) is 3.86. The highest BCUT2D eigenvalue weighted by atomic mass is 35.5. The molecule has 0 aliphatic heterocycles. The van der Waals surface area contributed by atoms with Crippen molar-refractivity contribution >= 4 is 28.6 Å². The SMILES string of the molecule is Cc1nc2c(Cl)cc(-c3cccs3)cn2c1C. The third-order valence-corrected chi connectivity index (χ3v) is 4.15. The van der Waals surface area contributed by atoms with Gasteiger partial charge >= 0.3 is 0 Å². The second-order valence-corrected chi connectivity index (χ2v) is 5.39. The molecule has 17 heavy (non-hydrogen) atoms. The van der Waals surface area contributed by atoms with E-state index in [1.807, 2.05) is 19.1 Å². The fourth-order valence-electron chi connectivity index (χ4n) is 1.91. The fourth-order valence-corrected chi connectivity index (χ4v) is 2.87. The van der Waals surface area contributed by atoms with Crippen LogP contribution in [0.3, 0.4) is 0 Å². The molecule has 0 fully saturated rings. The maximum absolute atomic E-state index is 6.29. The van der Waals surface area contributed by atoms with Crippen LogP contribution < -0.4 is 0 Å². The number of pyridine rings is 1. The molecule has 3 heterocycles. The highest BCUT2D eigenvalue weighted by Gasteiger charge is 2.10. The molecular formula is C13H11ClN2S. The first-order chi connectivity index (χ1) is 8.16. The van der Waals surface area contributed by atoms with E-state index >= 15 is 0 Å². The van der Waals surface area contributed by atoms with E-state index in [4.69, 9.17) is 11.6 Å². The summed E-state index contributed by atoms with van der Waals surface area (Å²) in [5.74, 6) is 0. The number of aryl methyl sites for hydroxylation is 2. The van der Waals surface area contributed by atoms with Crippen molar-refractivity contribution in [3.63, 3.8) is 0 Å². The third-order valence-electron chi connectivity index (χ3n) is 2.96. The van der Waals surface area contributed by atoms with Gasteiger partial charge in [0, 0.05) is 22.3 Å². The molecule has 0 amide bonds. The van der Waals surface area contributed by atoms with Gasteiger partial charge in [-0.05, 0) is 31.4 Å². The van der Waals surface area contributed by atoms with Crippen molar-refractivity contribution in [2.24, 2.45) is 0 Å². The molecule has 2 nitrogen and oxygen atoms in total. The molecule has 3 aromatic rings. The fraction of sp³-hybridized carbons (Fsp3) is 0.154. The van der Waals surface area contributed by atoms with E-state index in [0.717, 1.165) is 22.6 Å². The van der Waals surface area contributed by atoms with Crippen molar-refractivity contribution in [1.82, 2.24) is 9.38 Å². The van der Waals surface area contributed by atoms with E-state index in [9.17, 15) is 0 Å². The number of nitrogens with zero attached hydrogens (tertiary/aromatic N) is 2. The maximum Gasteiger partial charge on any atom is 0.156 e. The molecule has 0 spiro atoms. The smallest absolute Gasteiger partial charge is 0.156 e. The first kappa shape index (κ1) is 10.8. The Morgan fingerprint density at radius 3 is 2.88 bits per heavy atom. The molecule has 4 heteroatoms. The summed E-state index contributed by atoms with van der Waals surface area (Å²) in [4.78, 5) is 5.69. The minimum atomic E-state index is 0.701. The van der Waals surface area contributed by atoms with Gasteiger partial charge in [0.05, 0.1) is 10.7 Å². The molecule has 0 saturated carbocycles. The number of fused-ring (bicyclic) bond motifs is 1. The van der Waals surface area contributed by atoms with Crippen molar-refractivity contribution in [2.45, 2.75) is 13.8 Å². The normalized spacial score (nSPS) is 11.2. The Balaban J connectivity index is 2.33. The Morgan fingerprint density at radius 2 is 2.18 bits per heavy atom.